The fourth-order valence-electron chi connectivity index (χ4n) is 3.26. The second-order valence-corrected chi connectivity index (χ2v) is 8.03. The molecule has 0 radical (unpaired) electrons. The summed E-state index contributed by atoms with van der Waals surface area (Å²) in [5, 5.41) is 8.41. The Bertz CT molecular complexity index is 1010. The minimum absolute atomic E-state index is 0.0828. The van der Waals surface area contributed by atoms with Gasteiger partial charge < -0.3 is 16.4 Å². The monoisotopic (exact) mass is 430 g/mol. The van der Waals surface area contributed by atoms with Crippen LogP contribution in [0.25, 0.3) is 15.8 Å². The Balaban J connectivity index is 2.17. The van der Waals surface area contributed by atoms with Crippen LogP contribution in [0.2, 0.25) is 5.02 Å². The smallest absolute Gasteiger partial charge is 0.398 e. The predicted octanol–water partition coefficient (Wildman–Crippen LogP) is 3.59. The number of allylic oxidation sites excluding steroid dienone is 1. The molecule has 2 aromatic rings. The molecule has 1 aromatic carbocycles. The Morgan fingerprint density at radius 1 is 1.46 bits per heavy atom. The molecule has 28 heavy (non-hydrogen) atoms. The van der Waals surface area contributed by atoms with Gasteiger partial charge in [-0.15, -0.1) is 11.3 Å². The molecule has 2 heterocycles. The number of hydrogen-bond donors (Lipinski definition) is 3. The fraction of sp³-hybridized carbons (Fsp3) is 0.333. The lowest BCUT2D eigenvalue weighted by Gasteiger charge is -2.26. The zero-order valence-corrected chi connectivity index (χ0v) is 16.5. The number of hydrogen-bond acceptors (Lipinski definition) is 5. The van der Waals surface area contributed by atoms with E-state index in [1.165, 1.54) is 11.3 Å². The zero-order chi connectivity index (χ0) is 20.8. The highest BCUT2D eigenvalue weighted by atomic mass is 35.5. The van der Waals surface area contributed by atoms with E-state index in [2.05, 4.69) is 0 Å². The molecule has 0 aliphatic carbocycles. The molecular weight excluding hydrogens is 413 g/mol. The summed E-state index contributed by atoms with van der Waals surface area (Å²) in [6.45, 7) is 2.50. The molecule has 0 fully saturated rings. The largest absolute Gasteiger partial charge is 0.432 e. The molecule has 0 saturated carbocycles. The summed E-state index contributed by atoms with van der Waals surface area (Å²) in [6.07, 6.45) is -3.63. The molecule has 1 aliphatic heterocycles. The van der Waals surface area contributed by atoms with Crippen LogP contribution in [0, 0.1) is 12.3 Å². The standard InChI is InChI=1S/C18H18ClF3N4OS/c1-8-4-10(11(24)5-13(25)18(20,21)22)15-9-2-3-26(14(27)6-23)7-12(9)28-17(15)16(8)19/h4-5,25H,2-3,6-7,23-24H2,1H3/b11-5-,25-13?. The first kappa shape index (κ1) is 20.6. The van der Waals surface area contributed by atoms with Gasteiger partial charge in [0.25, 0.3) is 0 Å². The number of nitrogens with zero attached hydrogens (tertiary/aromatic N) is 1. The van der Waals surface area contributed by atoms with Crippen molar-refractivity contribution in [1.82, 2.24) is 4.90 Å². The van der Waals surface area contributed by atoms with Gasteiger partial charge in [-0.1, -0.05) is 11.6 Å². The van der Waals surface area contributed by atoms with Gasteiger partial charge in [-0.05, 0) is 36.6 Å². The Morgan fingerprint density at radius 3 is 2.75 bits per heavy atom. The van der Waals surface area contributed by atoms with Crippen LogP contribution >= 0.6 is 22.9 Å². The van der Waals surface area contributed by atoms with Gasteiger partial charge in [0.15, 0.2) is 0 Å². The third-order valence-electron chi connectivity index (χ3n) is 4.68. The predicted molar refractivity (Wildman–Crippen MR) is 106 cm³/mol. The van der Waals surface area contributed by atoms with E-state index in [-0.39, 0.29) is 18.1 Å². The highest BCUT2D eigenvalue weighted by Gasteiger charge is 2.33. The topological polar surface area (TPSA) is 96.2 Å². The molecule has 3 rings (SSSR count). The second kappa shape index (κ2) is 7.38. The SMILES string of the molecule is Cc1cc(/C(N)=C/C(=N)C(F)(F)F)c2c3c(sc2c1Cl)CN(C(=O)CN)CC3. The van der Waals surface area contributed by atoms with E-state index < -0.39 is 11.9 Å². The summed E-state index contributed by atoms with van der Waals surface area (Å²) in [5.41, 5.74) is 11.8. The maximum absolute atomic E-state index is 12.8. The maximum atomic E-state index is 12.8. The lowest BCUT2D eigenvalue weighted by molar-refractivity contribution is -0.130. The van der Waals surface area contributed by atoms with Crippen molar-refractivity contribution < 1.29 is 18.0 Å². The average molecular weight is 431 g/mol. The third kappa shape index (κ3) is 3.61. The average Bonchev–Trinajstić information content (AvgIpc) is 3.01. The number of rotatable bonds is 3. The van der Waals surface area contributed by atoms with Crippen molar-refractivity contribution in [2.75, 3.05) is 13.1 Å². The number of fused-ring (bicyclic) bond motifs is 3. The van der Waals surface area contributed by atoms with Crippen LogP contribution in [0.4, 0.5) is 13.2 Å². The number of thiophene rings is 1. The van der Waals surface area contributed by atoms with E-state index in [0.717, 1.165) is 15.1 Å². The van der Waals surface area contributed by atoms with E-state index in [0.29, 0.717) is 47.1 Å². The lowest BCUT2D eigenvalue weighted by atomic mass is 9.96. The molecule has 150 valence electrons. The quantitative estimate of drug-likeness (QED) is 0.649. The van der Waals surface area contributed by atoms with Crippen molar-refractivity contribution in [3.63, 3.8) is 0 Å². The van der Waals surface area contributed by atoms with Crippen molar-refractivity contribution in [2.45, 2.75) is 26.1 Å². The molecule has 10 heteroatoms. The molecule has 0 atom stereocenters. The van der Waals surface area contributed by atoms with Crippen molar-refractivity contribution in [3.05, 3.63) is 38.7 Å². The minimum atomic E-state index is -4.78. The van der Waals surface area contributed by atoms with E-state index in [1.54, 1.807) is 17.9 Å². The Morgan fingerprint density at radius 2 is 2.14 bits per heavy atom. The number of amides is 1. The molecule has 1 aromatic heterocycles. The molecule has 5 nitrogen and oxygen atoms in total. The second-order valence-electron chi connectivity index (χ2n) is 6.54. The van der Waals surface area contributed by atoms with Crippen molar-refractivity contribution in [2.24, 2.45) is 11.5 Å². The Labute approximate surface area is 168 Å². The first-order chi connectivity index (χ1) is 13.0. The molecule has 5 N–H and O–H groups in total. The van der Waals surface area contributed by atoms with Crippen molar-refractivity contribution in [1.29, 1.82) is 5.41 Å². The number of alkyl halides is 3. The highest BCUT2D eigenvalue weighted by molar-refractivity contribution is 7.20. The van der Waals surface area contributed by atoms with Gasteiger partial charge in [0.2, 0.25) is 5.91 Å². The summed E-state index contributed by atoms with van der Waals surface area (Å²) in [4.78, 5) is 14.5. The zero-order valence-electron chi connectivity index (χ0n) is 14.9. The summed E-state index contributed by atoms with van der Waals surface area (Å²) >= 11 is 7.86. The summed E-state index contributed by atoms with van der Waals surface area (Å²) in [7, 11) is 0. The van der Waals surface area contributed by atoms with Crippen molar-refractivity contribution in [3.8, 4) is 0 Å². The molecule has 0 spiro atoms. The van der Waals surface area contributed by atoms with Crippen LogP contribution in [0.3, 0.4) is 0 Å². The molecular formula is C18H18ClF3N4OS. The number of aryl methyl sites for hydroxylation is 1. The fourth-order valence-corrected chi connectivity index (χ4v) is 4.90. The number of carbonyl (C=O) groups excluding carboxylic acids is 1. The number of benzene rings is 1. The summed E-state index contributed by atoms with van der Waals surface area (Å²) in [6, 6.07) is 1.64. The van der Waals surface area contributed by atoms with Crippen LogP contribution in [-0.2, 0) is 17.8 Å². The third-order valence-corrected chi connectivity index (χ3v) is 6.51. The number of carbonyl (C=O) groups is 1. The van der Waals surface area contributed by atoms with Gasteiger partial charge in [0.05, 0.1) is 22.8 Å². The van der Waals surface area contributed by atoms with Gasteiger partial charge in [-0.2, -0.15) is 13.2 Å². The van der Waals surface area contributed by atoms with Crippen LogP contribution in [-0.4, -0.2) is 35.8 Å². The molecule has 0 saturated heterocycles. The van der Waals surface area contributed by atoms with Crippen LogP contribution < -0.4 is 11.5 Å². The number of nitrogens with one attached hydrogen (secondary N) is 1. The first-order valence-corrected chi connectivity index (χ1v) is 9.58. The number of halogens is 4. The van der Waals surface area contributed by atoms with E-state index in [1.807, 2.05) is 0 Å². The normalized spacial score (nSPS) is 15.1. The van der Waals surface area contributed by atoms with Crippen LogP contribution in [0.15, 0.2) is 12.1 Å². The Kier molecular flexibility index (Phi) is 5.44. The molecule has 1 amide bonds. The van der Waals surface area contributed by atoms with Crippen molar-refractivity contribution >= 4 is 50.3 Å². The maximum Gasteiger partial charge on any atom is 0.432 e. The number of nitrogens with two attached hydrogens (primary N) is 2. The van der Waals surface area contributed by atoms with Gasteiger partial charge in [0.1, 0.15) is 5.71 Å². The van der Waals surface area contributed by atoms with E-state index in [4.69, 9.17) is 28.5 Å². The van der Waals surface area contributed by atoms with Crippen LogP contribution in [0.5, 0.6) is 0 Å². The van der Waals surface area contributed by atoms with Gasteiger partial charge in [0, 0.05) is 28.1 Å². The summed E-state index contributed by atoms with van der Waals surface area (Å²) in [5.74, 6) is -0.163. The molecule has 0 unspecified atom stereocenters. The summed E-state index contributed by atoms with van der Waals surface area (Å²) < 4.78 is 39.0. The minimum Gasteiger partial charge on any atom is -0.398 e. The highest BCUT2D eigenvalue weighted by Crippen LogP contribution is 2.43. The first-order valence-electron chi connectivity index (χ1n) is 8.39. The van der Waals surface area contributed by atoms with Gasteiger partial charge in [-0.3, -0.25) is 10.2 Å². The Hall–Kier alpha value is -2.10. The van der Waals surface area contributed by atoms with E-state index >= 15 is 0 Å². The molecule has 1 aliphatic rings. The van der Waals surface area contributed by atoms with Crippen LogP contribution in [0.1, 0.15) is 21.6 Å². The van der Waals surface area contributed by atoms with E-state index in [9.17, 15) is 18.0 Å². The van der Waals surface area contributed by atoms with Gasteiger partial charge in [-0.25, -0.2) is 0 Å². The van der Waals surface area contributed by atoms with Gasteiger partial charge >= 0.3 is 6.18 Å². The lowest BCUT2D eigenvalue weighted by Crippen LogP contribution is -2.39. The molecule has 0 bridgehead atoms.